The number of benzene rings is 2. The molecule has 1 N–H and O–H groups in total. The van der Waals surface area contributed by atoms with Crippen LogP contribution in [0, 0.1) is 0 Å². The van der Waals surface area contributed by atoms with Gasteiger partial charge < -0.3 is 14.2 Å². The average Bonchev–Trinajstić information content (AvgIpc) is 3.55. The second-order valence-corrected chi connectivity index (χ2v) is 9.04. The minimum Gasteiger partial charge on any atom is -0.481 e. The number of rotatable bonds is 9. The van der Waals surface area contributed by atoms with Crippen LogP contribution in [0.2, 0.25) is 0 Å². The van der Waals surface area contributed by atoms with E-state index in [4.69, 9.17) is 14.2 Å². The summed E-state index contributed by atoms with van der Waals surface area (Å²) in [5.74, 6) is -0.432. The first-order chi connectivity index (χ1) is 18.1. The molecule has 1 aliphatic heterocycles. The van der Waals surface area contributed by atoms with E-state index < -0.39 is 17.2 Å². The summed E-state index contributed by atoms with van der Waals surface area (Å²) < 4.78 is 18.6. The number of aromatic nitrogens is 2. The lowest BCUT2D eigenvalue weighted by molar-refractivity contribution is -0.136. The minimum absolute atomic E-state index is 0.0285. The van der Waals surface area contributed by atoms with Crippen LogP contribution < -0.4 is 11.2 Å². The monoisotopic (exact) mass is 514 g/mol. The molecule has 37 heavy (non-hydrogen) atoms. The molecular weight excluding hydrogens is 492 g/mol. The van der Waals surface area contributed by atoms with Crippen molar-refractivity contribution in [3.05, 3.63) is 140 Å². The summed E-state index contributed by atoms with van der Waals surface area (Å²) in [4.78, 5) is 40.6. The van der Waals surface area contributed by atoms with Crippen molar-refractivity contribution in [1.29, 1.82) is 0 Å². The molecule has 0 saturated heterocycles. The van der Waals surface area contributed by atoms with E-state index in [1.54, 1.807) is 12.1 Å². The molecule has 9 heteroatoms. The molecule has 0 bridgehead atoms. The summed E-state index contributed by atoms with van der Waals surface area (Å²) >= 11 is 1.39. The zero-order valence-electron chi connectivity index (χ0n) is 19.6. The number of cyclic esters (lactones) is 1. The van der Waals surface area contributed by atoms with Crippen LogP contribution in [0.5, 0.6) is 0 Å². The molecule has 4 aromatic rings. The molecule has 8 nitrogen and oxygen atoms in total. The number of hydrogen-bond acceptors (Lipinski definition) is 7. The van der Waals surface area contributed by atoms with Crippen molar-refractivity contribution in [3.8, 4) is 10.4 Å². The molecule has 3 heterocycles. The highest BCUT2D eigenvalue weighted by Gasteiger charge is 2.34. The van der Waals surface area contributed by atoms with Crippen LogP contribution in [0.15, 0.2) is 117 Å². The van der Waals surface area contributed by atoms with Crippen LogP contribution in [0.1, 0.15) is 11.1 Å². The Balaban J connectivity index is 1.43. The lowest BCUT2D eigenvalue weighted by atomic mass is 10.2. The maximum Gasteiger partial charge on any atom is 0.383 e. The third-order valence-corrected chi connectivity index (χ3v) is 6.44. The van der Waals surface area contributed by atoms with Gasteiger partial charge in [0.15, 0.2) is 5.76 Å². The summed E-state index contributed by atoms with van der Waals surface area (Å²) in [6.45, 7) is 0.366. The Morgan fingerprint density at radius 3 is 2.11 bits per heavy atom. The first kappa shape index (κ1) is 24.1. The van der Waals surface area contributed by atoms with Gasteiger partial charge in [0.05, 0.1) is 5.56 Å². The summed E-state index contributed by atoms with van der Waals surface area (Å²) in [5, 5.41) is 1.85. The van der Waals surface area contributed by atoms with Gasteiger partial charge in [0.2, 0.25) is 5.76 Å². The summed E-state index contributed by atoms with van der Waals surface area (Å²) in [6, 6.07) is 22.5. The van der Waals surface area contributed by atoms with Crippen molar-refractivity contribution in [3.63, 3.8) is 0 Å². The highest BCUT2D eigenvalue weighted by atomic mass is 32.1. The van der Waals surface area contributed by atoms with E-state index in [0.717, 1.165) is 16.0 Å². The van der Waals surface area contributed by atoms with Crippen LogP contribution in [0.4, 0.5) is 0 Å². The number of nitrogens with zero attached hydrogens (tertiary/aromatic N) is 1. The van der Waals surface area contributed by atoms with E-state index in [0.29, 0.717) is 5.56 Å². The summed E-state index contributed by atoms with van der Waals surface area (Å²) in [5.41, 5.74) is 1.10. The van der Waals surface area contributed by atoms with Gasteiger partial charge in [0, 0.05) is 17.6 Å². The van der Waals surface area contributed by atoms with E-state index in [-0.39, 0.29) is 37.0 Å². The number of carbonyl (C=O) groups is 1. The number of hydrogen-bond donors (Lipinski definition) is 1. The van der Waals surface area contributed by atoms with Crippen molar-refractivity contribution in [2.24, 2.45) is 0 Å². The Hall–Kier alpha value is -4.63. The van der Waals surface area contributed by atoms with Crippen molar-refractivity contribution in [1.82, 2.24) is 9.55 Å². The lowest BCUT2D eigenvalue weighted by Crippen LogP contribution is -2.30. The van der Waals surface area contributed by atoms with Crippen LogP contribution in [0.25, 0.3) is 10.4 Å². The highest BCUT2D eigenvalue weighted by molar-refractivity contribution is 7.13. The van der Waals surface area contributed by atoms with Crippen LogP contribution in [-0.2, 0) is 38.8 Å². The van der Waals surface area contributed by atoms with Gasteiger partial charge in [0.25, 0.3) is 11.3 Å². The zero-order valence-corrected chi connectivity index (χ0v) is 20.4. The van der Waals surface area contributed by atoms with Crippen LogP contribution in [-0.4, -0.2) is 15.5 Å². The first-order valence-electron chi connectivity index (χ1n) is 11.5. The molecular formula is C28H22N2O6S. The molecule has 186 valence electrons. The number of aromatic amines is 1. The molecule has 5 rings (SSSR count). The smallest absolute Gasteiger partial charge is 0.383 e. The van der Waals surface area contributed by atoms with Gasteiger partial charge in [-0.1, -0.05) is 66.7 Å². The van der Waals surface area contributed by atoms with E-state index in [2.05, 4.69) is 4.98 Å². The average molecular weight is 515 g/mol. The number of nitrogens with one attached hydrogen (secondary N) is 1. The molecule has 0 unspecified atom stereocenters. The third kappa shape index (κ3) is 5.62. The topological polar surface area (TPSA) is 99.6 Å². The van der Waals surface area contributed by atoms with Crippen molar-refractivity contribution in [2.45, 2.75) is 19.8 Å². The molecule has 0 fully saturated rings. The van der Waals surface area contributed by atoms with Gasteiger partial charge in [0.1, 0.15) is 13.2 Å². The molecule has 0 atom stereocenters. The standard InChI is InChI=1S/C28H22N2O6S/c31-26-21(23-12-7-15-37-23)16-30(28(33)29-26)14-13-22-24(34-17-19-8-3-1-4-9-19)25(27(32)36-22)35-18-20-10-5-2-6-11-20/h1-13,15-16H,14,17-18H2,(H,29,31,33)/b22-13-. The molecule has 0 aliphatic carbocycles. The SMILES string of the molecule is O=C1O/C(=C\Cn2cc(-c3cccs3)c(=O)[nH]c2=O)C(OCc2ccccc2)=C1OCc1ccccc1. The van der Waals surface area contributed by atoms with Crippen molar-refractivity contribution < 1.29 is 19.0 Å². The van der Waals surface area contributed by atoms with Gasteiger partial charge in [-0.25, -0.2) is 9.59 Å². The predicted octanol–water partition coefficient (Wildman–Crippen LogP) is 4.35. The zero-order chi connectivity index (χ0) is 25.6. The summed E-state index contributed by atoms with van der Waals surface area (Å²) in [6.07, 6.45) is 3.04. The molecule has 0 saturated carbocycles. The predicted molar refractivity (Wildman–Crippen MR) is 138 cm³/mol. The van der Waals surface area contributed by atoms with Gasteiger partial charge in [-0.05, 0) is 28.6 Å². The van der Waals surface area contributed by atoms with E-state index in [9.17, 15) is 14.4 Å². The minimum atomic E-state index is -0.682. The van der Waals surface area contributed by atoms with Gasteiger partial charge in [-0.3, -0.25) is 14.3 Å². The maximum atomic E-state index is 12.7. The van der Waals surface area contributed by atoms with Gasteiger partial charge in [-0.15, -0.1) is 11.3 Å². The van der Waals surface area contributed by atoms with Gasteiger partial charge in [-0.2, -0.15) is 0 Å². The van der Waals surface area contributed by atoms with Crippen LogP contribution in [0.3, 0.4) is 0 Å². The Labute approximate surface area is 215 Å². The number of H-pyrrole nitrogens is 1. The van der Waals surface area contributed by atoms with E-state index >= 15 is 0 Å². The highest BCUT2D eigenvalue weighted by Crippen LogP contribution is 2.30. The number of allylic oxidation sites excluding steroid dienone is 1. The molecule has 0 spiro atoms. The Bertz CT molecular complexity index is 1570. The van der Waals surface area contributed by atoms with Crippen LogP contribution >= 0.6 is 11.3 Å². The number of carbonyl (C=O) groups excluding carboxylic acids is 1. The third-order valence-electron chi connectivity index (χ3n) is 5.54. The first-order valence-corrected chi connectivity index (χ1v) is 12.3. The molecule has 2 aromatic carbocycles. The molecule has 2 aromatic heterocycles. The quantitative estimate of drug-likeness (QED) is 0.334. The Kier molecular flexibility index (Phi) is 7.14. The fourth-order valence-corrected chi connectivity index (χ4v) is 4.42. The Morgan fingerprint density at radius 2 is 1.49 bits per heavy atom. The largest absolute Gasteiger partial charge is 0.481 e. The number of esters is 1. The molecule has 1 aliphatic rings. The van der Waals surface area contributed by atoms with E-state index in [1.165, 1.54) is 22.1 Å². The fraction of sp³-hybridized carbons (Fsp3) is 0.107. The lowest BCUT2D eigenvalue weighted by Gasteiger charge is -2.10. The Morgan fingerprint density at radius 1 is 0.838 bits per heavy atom. The second kappa shape index (κ2) is 11.0. The summed E-state index contributed by atoms with van der Waals surface area (Å²) in [7, 11) is 0. The normalized spacial score (nSPS) is 14.2. The fourth-order valence-electron chi connectivity index (χ4n) is 3.69. The van der Waals surface area contributed by atoms with E-state index in [1.807, 2.05) is 72.1 Å². The number of ether oxygens (including phenoxy) is 3. The second-order valence-electron chi connectivity index (χ2n) is 8.10. The number of thiophene rings is 1. The van der Waals surface area contributed by atoms with Crippen molar-refractivity contribution >= 4 is 17.3 Å². The maximum absolute atomic E-state index is 12.7. The molecule has 0 amide bonds. The van der Waals surface area contributed by atoms with Gasteiger partial charge >= 0.3 is 11.7 Å². The molecule has 0 radical (unpaired) electrons. The van der Waals surface area contributed by atoms with Crippen molar-refractivity contribution in [2.75, 3.05) is 0 Å².